The van der Waals surface area contributed by atoms with Crippen molar-refractivity contribution in [3.05, 3.63) is 35.9 Å². The van der Waals surface area contributed by atoms with Crippen molar-refractivity contribution < 1.29 is 9.63 Å². The Morgan fingerprint density at radius 2 is 1.94 bits per heavy atom. The summed E-state index contributed by atoms with van der Waals surface area (Å²) in [5, 5.41) is 4.99. The molecular formula is C12H14N2O2. The Labute approximate surface area is 94.1 Å². The van der Waals surface area contributed by atoms with Gasteiger partial charge in [0.2, 0.25) is 0 Å². The first-order valence-electron chi connectivity index (χ1n) is 5.51. The highest BCUT2D eigenvalue weighted by atomic mass is 16.7. The Hall–Kier alpha value is -1.39. The third kappa shape index (κ3) is 1.60. The SMILES string of the molecule is O=C(ON1CC2(CNC2)C1)c1ccccc1. The van der Waals surface area contributed by atoms with Gasteiger partial charge in [-0.25, -0.2) is 4.79 Å². The van der Waals surface area contributed by atoms with Gasteiger partial charge in [-0.1, -0.05) is 18.2 Å². The minimum absolute atomic E-state index is 0.261. The molecule has 1 aromatic carbocycles. The van der Waals surface area contributed by atoms with E-state index in [0.717, 1.165) is 26.2 Å². The van der Waals surface area contributed by atoms with E-state index in [1.54, 1.807) is 17.2 Å². The van der Waals surface area contributed by atoms with Crippen LogP contribution in [0.2, 0.25) is 0 Å². The lowest BCUT2D eigenvalue weighted by Crippen LogP contribution is -2.70. The van der Waals surface area contributed by atoms with Gasteiger partial charge in [0.05, 0.1) is 5.56 Å². The maximum absolute atomic E-state index is 11.7. The van der Waals surface area contributed by atoms with E-state index in [-0.39, 0.29) is 5.97 Å². The van der Waals surface area contributed by atoms with Crippen LogP contribution >= 0.6 is 0 Å². The van der Waals surface area contributed by atoms with Gasteiger partial charge in [-0.05, 0) is 12.1 Å². The average molecular weight is 218 g/mol. The summed E-state index contributed by atoms with van der Waals surface area (Å²) < 4.78 is 0. The van der Waals surface area contributed by atoms with Crippen LogP contribution in [0.3, 0.4) is 0 Å². The predicted octanol–water partition coefficient (Wildman–Crippen LogP) is 0.664. The number of benzene rings is 1. The van der Waals surface area contributed by atoms with Gasteiger partial charge in [0.15, 0.2) is 0 Å². The molecule has 3 rings (SSSR count). The summed E-state index contributed by atoms with van der Waals surface area (Å²) in [5.41, 5.74) is 0.993. The summed E-state index contributed by atoms with van der Waals surface area (Å²) in [6, 6.07) is 9.09. The molecule has 0 radical (unpaired) electrons. The number of carbonyl (C=O) groups excluding carboxylic acids is 1. The summed E-state index contributed by atoms with van der Waals surface area (Å²) in [4.78, 5) is 17.0. The molecule has 2 saturated heterocycles. The highest BCUT2D eigenvalue weighted by molar-refractivity contribution is 5.89. The van der Waals surface area contributed by atoms with Gasteiger partial charge < -0.3 is 10.2 Å². The van der Waals surface area contributed by atoms with Crippen molar-refractivity contribution in [2.45, 2.75) is 0 Å². The molecule has 0 aromatic heterocycles. The monoisotopic (exact) mass is 218 g/mol. The number of nitrogens with zero attached hydrogens (tertiary/aromatic N) is 1. The fraction of sp³-hybridized carbons (Fsp3) is 0.417. The van der Waals surface area contributed by atoms with Crippen molar-refractivity contribution in [2.75, 3.05) is 26.2 Å². The van der Waals surface area contributed by atoms with Crippen LogP contribution in [0, 0.1) is 5.41 Å². The Balaban J connectivity index is 1.55. The van der Waals surface area contributed by atoms with E-state index in [1.165, 1.54) is 0 Å². The third-order valence-corrected chi connectivity index (χ3v) is 3.25. The molecule has 0 bridgehead atoms. The molecule has 0 aliphatic carbocycles. The molecular weight excluding hydrogens is 204 g/mol. The zero-order valence-corrected chi connectivity index (χ0v) is 8.98. The fourth-order valence-corrected chi connectivity index (χ4v) is 2.21. The van der Waals surface area contributed by atoms with Gasteiger partial charge in [-0.3, -0.25) is 0 Å². The van der Waals surface area contributed by atoms with Crippen LogP contribution < -0.4 is 5.32 Å². The Bertz CT molecular complexity index is 393. The molecule has 0 saturated carbocycles. The van der Waals surface area contributed by atoms with Gasteiger partial charge in [0.25, 0.3) is 0 Å². The third-order valence-electron chi connectivity index (χ3n) is 3.25. The molecule has 2 heterocycles. The zero-order chi connectivity index (χ0) is 11.0. The van der Waals surface area contributed by atoms with Crippen LogP contribution in [0.4, 0.5) is 0 Å². The van der Waals surface area contributed by atoms with E-state index < -0.39 is 0 Å². The first kappa shape index (κ1) is 9.81. The Morgan fingerprint density at radius 1 is 1.25 bits per heavy atom. The van der Waals surface area contributed by atoms with E-state index in [4.69, 9.17) is 4.84 Å². The van der Waals surface area contributed by atoms with E-state index in [9.17, 15) is 4.79 Å². The van der Waals surface area contributed by atoms with Gasteiger partial charge in [-0.2, -0.15) is 0 Å². The molecule has 0 unspecified atom stereocenters. The number of carbonyl (C=O) groups is 1. The molecule has 84 valence electrons. The Kier molecular flexibility index (Phi) is 2.19. The maximum atomic E-state index is 11.7. The second kappa shape index (κ2) is 3.57. The topological polar surface area (TPSA) is 41.6 Å². The average Bonchev–Trinajstić information content (AvgIpc) is 2.21. The minimum Gasteiger partial charge on any atom is -0.364 e. The minimum atomic E-state index is -0.261. The maximum Gasteiger partial charge on any atom is 0.357 e. The van der Waals surface area contributed by atoms with E-state index in [2.05, 4.69) is 5.32 Å². The Morgan fingerprint density at radius 3 is 2.50 bits per heavy atom. The van der Waals surface area contributed by atoms with Gasteiger partial charge in [0.1, 0.15) is 0 Å². The van der Waals surface area contributed by atoms with Crippen molar-refractivity contribution in [1.82, 2.24) is 10.4 Å². The van der Waals surface area contributed by atoms with Crippen LogP contribution in [0.1, 0.15) is 10.4 Å². The largest absolute Gasteiger partial charge is 0.364 e. The number of rotatable bonds is 2. The summed E-state index contributed by atoms with van der Waals surface area (Å²) in [5.74, 6) is -0.261. The van der Waals surface area contributed by atoms with Crippen LogP contribution in [0.5, 0.6) is 0 Å². The molecule has 4 nitrogen and oxygen atoms in total. The summed E-state index contributed by atoms with van der Waals surface area (Å²) in [7, 11) is 0. The summed E-state index contributed by atoms with van der Waals surface area (Å²) in [6.45, 7) is 3.82. The first-order valence-corrected chi connectivity index (χ1v) is 5.51. The standard InChI is InChI=1S/C12H14N2O2/c15-11(10-4-2-1-3-5-10)16-14-8-12(9-14)6-13-7-12/h1-5,13H,6-9H2. The number of hydroxylamine groups is 2. The van der Waals surface area contributed by atoms with E-state index in [0.29, 0.717) is 11.0 Å². The van der Waals surface area contributed by atoms with Gasteiger partial charge >= 0.3 is 5.97 Å². The van der Waals surface area contributed by atoms with Crippen molar-refractivity contribution >= 4 is 5.97 Å². The highest BCUT2D eigenvalue weighted by Crippen LogP contribution is 2.34. The van der Waals surface area contributed by atoms with Crippen LogP contribution in [0.25, 0.3) is 0 Å². The number of nitrogens with one attached hydrogen (secondary N) is 1. The molecule has 1 aromatic rings. The van der Waals surface area contributed by atoms with Crippen LogP contribution in [-0.2, 0) is 4.84 Å². The van der Waals surface area contributed by atoms with Crippen molar-refractivity contribution in [2.24, 2.45) is 5.41 Å². The fourth-order valence-electron chi connectivity index (χ4n) is 2.21. The molecule has 1 N–H and O–H groups in total. The van der Waals surface area contributed by atoms with E-state index >= 15 is 0 Å². The lowest BCUT2D eigenvalue weighted by molar-refractivity contribution is -0.221. The van der Waals surface area contributed by atoms with Crippen LogP contribution in [-0.4, -0.2) is 37.2 Å². The smallest absolute Gasteiger partial charge is 0.357 e. The van der Waals surface area contributed by atoms with Crippen molar-refractivity contribution in [3.8, 4) is 0 Å². The lowest BCUT2D eigenvalue weighted by atomic mass is 9.76. The molecule has 2 fully saturated rings. The summed E-state index contributed by atoms with van der Waals surface area (Å²) >= 11 is 0. The van der Waals surface area contributed by atoms with Gasteiger partial charge in [0, 0.05) is 31.6 Å². The molecule has 0 amide bonds. The van der Waals surface area contributed by atoms with Gasteiger partial charge in [-0.15, -0.1) is 5.06 Å². The van der Waals surface area contributed by atoms with Crippen molar-refractivity contribution in [3.63, 3.8) is 0 Å². The molecule has 2 aliphatic heterocycles. The second-order valence-electron chi connectivity index (χ2n) is 4.65. The zero-order valence-electron chi connectivity index (χ0n) is 8.98. The lowest BCUT2D eigenvalue weighted by Gasteiger charge is -2.54. The second-order valence-corrected chi connectivity index (χ2v) is 4.65. The normalized spacial score (nSPS) is 22.2. The predicted molar refractivity (Wildman–Crippen MR) is 58.7 cm³/mol. The first-order chi connectivity index (χ1) is 7.77. The number of hydrogen-bond donors (Lipinski definition) is 1. The van der Waals surface area contributed by atoms with Crippen molar-refractivity contribution in [1.29, 1.82) is 0 Å². The summed E-state index contributed by atoms with van der Waals surface area (Å²) in [6.07, 6.45) is 0. The highest BCUT2D eigenvalue weighted by Gasteiger charge is 2.49. The molecule has 4 heteroatoms. The molecule has 1 spiro atoms. The quantitative estimate of drug-likeness (QED) is 0.792. The number of hydrogen-bond acceptors (Lipinski definition) is 4. The molecule has 2 aliphatic rings. The molecule has 16 heavy (non-hydrogen) atoms. The molecule has 0 atom stereocenters. The van der Waals surface area contributed by atoms with Crippen LogP contribution in [0.15, 0.2) is 30.3 Å². The van der Waals surface area contributed by atoms with E-state index in [1.807, 2.05) is 18.2 Å².